The summed E-state index contributed by atoms with van der Waals surface area (Å²) in [4.78, 5) is 20.2. The smallest absolute Gasteiger partial charge is 0.242 e. The summed E-state index contributed by atoms with van der Waals surface area (Å²) in [7, 11) is 0. The van der Waals surface area contributed by atoms with Crippen LogP contribution < -0.4 is 4.90 Å². The molecule has 0 bridgehead atoms. The van der Waals surface area contributed by atoms with Crippen LogP contribution in [0, 0.1) is 12.7 Å². The normalized spacial score (nSPS) is 11.3. The van der Waals surface area contributed by atoms with Gasteiger partial charge in [-0.25, -0.2) is 9.37 Å². The van der Waals surface area contributed by atoms with Gasteiger partial charge in [-0.1, -0.05) is 23.5 Å². The molecular formula is C27H24FN3O4S. The fourth-order valence-corrected chi connectivity index (χ4v) is 5.30. The number of nitrogens with zero attached hydrogens (tertiary/aromatic N) is 3. The molecular weight excluding hydrogens is 481 g/mol. The zero-order valence-electron chi connectivity index (χ0n) is 19.9. The number of carbonyl (C=O) groups is 1. The number of aryl methyl sites for hydroxylation is 1. The van der Waals surface area contributed by atoms with E-state index in [4.69, 9.17) is 4.42 Å². The number of ketones is 1. The van der Waals surface area contributed by atoms with E-state index >= 15 is 0 Å². The van der Waals surface area contributed by atoms with Crippen LogP contribution in [-0.2, 0) is 0 Å². The maximum Gasteiger partial charge on any atom is 0.242 e. The van der Waals surface area contributed by atoms with Crippen molar-refractivity contribution in [3.05, 3.63) is 77.5 Å². The van der Waals surface area contributed by atoms with Gasteiger partial charge < -0.3 is 19.5 Å². The van der Waals surface area contributed by atoms with Crippen molar-refractivity contribution >= 4 is 33.0 Å². The standard InChI is InChI=1S/C27H24FN3O4S/c1-4-30(5-2)18-10-7-16(8-11-18)23-22(24(32)20-13-6-15(3)35-20)25(33)26(34)31(23)27-29-19-12-9-17(28)14-21(19)36-27/h6-14,33-34H,4-5H2,1-3H3. The average Bonchev–Trinajstić information content (AvgIpc) is 3.56. The van der Waals surface area contributed by atoms with Gasteiger partial charge in [0, 0.05) is 18.8 Å². The lowest BCUT2D eigenvalue weighted by atomic mass is 10.0. The summed E-state index contributed by atoms with van der Waals surface area (Å²) in [6.45, 7) is 7.51. The largest absolute Gasteiger partial charge is 0.503 e. The predicted octanol–water partition coefficient (Wildman–Crippen LogP) is 6.28. The quantitative estimate of drug-likeness (QED) is 0.253. The Kier molecular flexibility index (Phi) is 6.01. The summed E-state index contributed by atoms with van der Waals surface area (Å²) in [6, 6.07) is 14.9. The average molecular weight is 506 g/mol. The zero-order valence-corrected chi connectivity index (χ0v) is 20.8. The van der Waals surface area contributed by atoms with E-state index in [1.54, 1.807) is 19.1 Å². The molecule has 0 saturated heterocycles. The maximum atomic E-state index is 13.8. The van der Waals surface area contributed by atoms with Crippen LogP contribution in [-0.4, -0.2) is 38.6 Å². The number of hydrogen-bond donors (Lipinski definition) is 2. The Balaban J connectivity index is 1.75. The first-order valence-corrected chi connectivity index (χ1v) is 12.3. The minimum Gasteiger partial charge on any atom is -0.503 e. The van der Waals surface area contributed by atoms with Crippen molar-refractivity contribution in [1.29, 1.82) is 0 Å². The molecule has 9 heteroatoms. The molecule has 0 unspecified atom stereocenters. The van der Waals surface area contributed by atoms with Crippen molar-refractivity contribution in [2.24, 2.45) is 0 Å². The number of benzene rings is 2. The van der Waals surface area contributed by atoms with Crippen molar-refractivity contribution < 1.29 is 23.8 Å². The fraction of sp³-hybridized carbons (Fsp3) is 0.185. The lowest BCUT2D eigenvalue weighted by Gasteiger charge is -2.21. The third kappa shape index (κ3) is 3.91. The van der Waals surface area contributed by atoms with Gasteiger partial charge in [-0.15, -0.1) is 0 Å². The summed E-state index contributed by atoms with van der Waals surface area (Å²) in [5.41, 5.74) is 2.26. The van der Waals surface area contributed by atoms with E-state index in [9.17, 15) is 19.4 Å². The van der Waals surface area contributed by atoms with E-state index in [2.05, 4.69) is 23.7 Å². The molecule has 0 aliphatic rings. The highest BCUT2D eigenvalue weighted by Crippen LogP contribution is 2.45. The van der Waals surface area contributed by atoms with Crippen LogP contribution in [0.4, 0.5) is 10.1 Å². The molecule has 0 aliphatic carbocycles. The van der Waals surface area contributed by atoms with Gasteiger partial charge >= 0.3 is 0 Å². The second-order valence-corrected chi connectivity index (χ2v) is 9.31. The highest BCUT2D eigenvalue weighted by molar-refractivity contribution is 7.20. The van der Waals surface area contributed by atoms with E-state index in [-0.39, 0.29) is 22.1 Å². The van der Waals surface area contributed by atoms with Gasteiger partial charge in [-0.3, -0.25) is 9.36 Å². The number of carbonyl (C=O) groups excluding carboxylic acids is 1. The van der Waals surface area contributed by atoms with E-state index in [1.807, 2.05) is 24.3 Å². The number of anilines is 1. The van der Waals surface area contributed by atoms with Crippen molar-refractivity contribution in [1.82, 2.24) is 9.55 Å². The van der Waals surface area contributed by atoms with E-state index in [0.29, 0.717) is 21.5 Å². The number of rotatable bonds is 7. The molecule has 0 spiro atoms. The Morgan fingerprint density at radius 1 is 1.08 bits per heavy atom. The van der Waals surface area contributed by atoms with Crippen molar-refractivity contribution in [3.8, 4) is 28.0 Å². The van der Waals surface area contributed by atoms with Gasteiger partial charge in [0.1, 0.15) is 11.6 Å². The summed E-state index contributed by atoms with van der Waals surface area (Å²) >= 11 is 1.13. The van der Waals surface area contributed by atoms with Crippen molar-refractivity contribution in [2.45, 2.75) is 20.8 Å². The molecule has 0 amide bonds. The zero-order chi connectivity index (χ0) is 25.6. The number of thiazole rings is 1. The van der Waals surface area contributed by atoms with Crippen LogP contribution in [0.2, 0.25) is 0 Å². The van der Waals surface area contributed by atoms with Gasteiger partial charge in [0.2, 0.25) is 11.7 Å². The number of halogens is 1. The first kappa shape index (κ1) is 23.6. The van der Waals surface area contributed by atoms with Gasteiger partial charge in [0.05, 0.1) is 21.5 Å². The Hall–Kier alpha value is -4.11. The molecule has 0 atom stereocenters. The summed E-state index contributed by atoms with van der Waals surface area (Å²) in [5, 5.41) is 22.3. The molecule has 5 aromatic rings. The number of furan rings is 1. The summed E-state index contributed by atoms with van der Waals surface area (Å²) in [6.07, 6.45) is 0. The second kappa shape index (κ2) is 9.16. The second-order valence-electron chi connectivity index (χ2n) is 8.30. The monoisotopic (exact) mass is 505 g/mol. The van der Waals surface area contributed by atoms with Crippen LogP contribution >= 0.6 is 11.3 Å². The predicted molar refractivity (Wildman–Crippen MR) is 138 cm³/mol. The topological polar surface area (TPSA) is 91.7 Å². The van der Waals surface area contributed by atoms with E-state index in [0.717, 1.165) is 30.1 Å². The molecule has 0 radical (unpaired) electrons. The van der Waals surface area contributed by atoms with Gasteiger partial charge in [0.15, 0.2) is 16.6 Å². The van der Waals surface area contributed by atoms with Crippen LogP contribution in [0.1, 0.15) is 35.7 Å². The lowest BCUT2D eigenvalue weighted by molar-refractivity contribution is 0.101. The van der Waals surface area contributed by atoms with Crippen LogP contribution in [0.3, 0.4) is 0 Å². The highest BCUT2D eigenvalue weighted by Gasteiger charge is 2.32. The van der Waals surface area contributed by atoms with Gasteiger partial charge in [-0.2, -0.15) is 0 Å². The molecule has 5 rings (SSSR count). The fourth-order valence-electron chi connectivity index (χ4n) is 4.30. The van der Waals surface area contributed by atoms with Crippen LogP contribution in [0.15, 0.2) is 59.0 Å². The number of aromatic hydroxyl groups is 2. The lowest BCUT2D eigenvalue weighted by Crippen LogP contribution is -2.21. The third-order valence-corrected chi connectivity index (χ3v) is 7.12. The van der Waals surface area contributed by atoms with E-state index < -0.39 is 23.2 Å². The molecule has 2 N–H and O–H groups in total. The molecule has 2 aromatic carbocycles. The first-order chi connectivity index (χ1) is 17.3. The number of aromatic nitrogens is 2. The Labute approximate surface area is 210 Å². The number of fused-ring (bicyclic) bond motifs is 1. The van der Waals surface area contributed by atoms with Gasteiger partial charge in [-0.05, 0) is 68.8 Å². The molecule has 3 heterocycles. The minimum absolute atomic E-state index is 0.0346. The Morgan fingerprint density at radius 3 is 2.44 bits per heavy atom. The molecule has 0 aliphatic heterocycles. The SMILES string of the molecule is CCN(CC)c1ccc(-c2c(C(=O)c3ccc(C)o3)c(O)c(O)n2-c2nc3ccc(F)cc3s2)cc1. The Bertz CT molecular complexity index is 1580. The highest BCUT2D eigenvalue weighted by atomic mass is 32.1. The number of hydrogen-bond acceptors (Lipinski definition) is 7. The van der Waals surface area contributed by atoms with Crippen LogP contribution in [0.5, 0.6) is 11.6 Å². The minimum atomic E-state index is -0.581. The summed E-state index contributed by atoms with van der Waals surface area (Å²) < 4.78 is 21.2. The maximum absolute atomic E-state index is 13.8. The molecule has 0 fully saturated rings. The van der Waals surface area contributed by atoms with Crippen molar-refractivity contribution in [3.63, 3.8) is 0 Å². The Morgan fingerprint density at radius 2 is 1.81 bits per heavy atom. The molecule has 7 nitrogen and oxygen atoms in total. The van der Waals surface area contributed by atoms with Crippen LogP contribution in [0.25, 0.3) is 26.6 Å². The van der Waals surface area contributed by atoms with Gasteiger partial charge in [0.25, 0.3) is 0 Å². The molecule has 0 saturated carbocycles. The van der Waals surface area contributed by atoms with E-state index in [1.165, 1.54) is 22.8 Å². The first-order valence-electron chi connectivity index (χ1n) is 11.5. The molecule has 36 heavy (non-hydrogen) atoms. The summed E-state index contributed by atoms with van der Waals surface area (Å²) in [5.74, 6) is -1.53. The third-order valence-electron chi connectivity index (χ3n) is 6.11. The molecule has 184 valence electrons. The van der Waals surface area contributed by atoms with Crippen molar-refractivity contribution in [2.75, 3.05) is 18.0 Å². The molecule has 3 aromatic heterocycles.